The molecule has 0 saturated carbocycles. The number of aliphatic hydroxyl groups is 1. The minimum absolute atomic E-state index is 0.182. The summed E-state index contributed by atoms with van der Waals surface area (Å²) in [6.45, 7) is 1.38. The Morgan fingerprint density at radius 2 is 2.19 bits per heavy atom. The van der Waals surface area contributed by atoms with Gasteiger partial charge in [0.25, 0.3) is 0 Å². The number of ether oxygens (including phenoxy) is 3. The molecule has 1 atom stereocenters. The average Bonchev–Trinajstić information content (AvgIpc) is 3.39. The van der Waals surface area contributed by atoms with Crippen molar-refractivity contribution in [3.8, 4) is 28.0 Å². The number of fused-ring (bicyclic) bond motifs is 1. The molecule has 0 saturated heterocycles. The van der Waals surface area contributed by atoms with Crippen molar-refractivity contribution in [2.75, 3.05) is 19.9 Å². The molecule has 1 aliphatic heterocycles. The van der Waals surface area contributed by atoms with Crippen LogP contribution in [0, 0.1) is 0 Å². The topological polar surface area (TPSA) is 86.0 Å². The smallest absolute Gasteiger partial charge is 0.231 e. The molecule has 7 nitrogen and oxygen atoms in total. The van der Waals surface area contributed by atoms with E-state index < -0.39 is 6.10 Å². The Hall–Kier alpha value is -2.55. The van der Waals surface area contributed by atoms with Crippen molar-refractivity contribution in [3.63, 3.8) is 0 Å². The fourth-order valence-electron chi connectivity index (χ4n) is 2.49. The zero-order chi connectivity index (χ0) is 17.8. The Balaban J connectivity index is 1.20. The summed E-state index contributed by atoms with van der Waals surface area (Å²) in [6.07, 6.45) is 0.995. The quantitative estimate of drug-likeness (QED) is 0.627. The third-order valence-electron chi connectivity index (χ3n) is 3.76. The molecule has 1 aliphatic rings. The van der Waals surface area contributed by atoms with Gasteiger partial charge in [-0.3, -0.25) is 0 Å². The first-order chi connectivity index (χ1) is 12.8. The van der Waals surface area contributed by atoms with E-state index >= 15 is 0 Å². The van der Waals surface area contributed by atoms with Crippen molar-refractivity contribution in [3.05, 3.63) is 47.7 Å². The van der Waals surface area contributed by atoms with E-state index in [1.165, 1.54) is 11.3 Å². The van der Waals surface area contributed by atoms with Crippen LogP contribution in [-0.2, 0) is 6.54 Å². The molecule has 3 heterocycles. The van der Waals surface area contributed by atoms with Gasteiger partial charge in [-0.15, -0.1) is 11.3 Å². The Labute approximate surface area is 154 Å². The van der Waals surface area contributed by atoms with Crippen molar-refractivity contribution in [1.82, 2.24) is 10.3 Å². The van der Waals surface area contributed by atoms with Crippen LogP contribution in [0.2, 0.25) is 0 Å². The van der Waals surface area contributed by atoms with Crippen molar-refractivity contribution in [1.29, 1.82) is 0 Å². The van der Waals surface area contributed by atoms with Gasteiger partial charge in [0.05, 0.1) is 12.0 Å². The Kier molecular flexibility index (Phi) is 5.05. The van der Waals surface area contributed by atoms with Crippen molar-refractivity contribution in [2.24, 2.45) is 0 Å². The average molecular weight is 374 g/mol. The minimum Gasteiger partial charge on any atom is -0.491 e. The summed E-state index contributed by atoms with van der Waals surface area (Å²) in [7, 11) is 0. The van der Waals surface area contributed by atoms with Crippen LogP contribution in [0.25, 0.3) is 10.8 Å². The molecule has 8 heteroatoms. The maximum atomic E-state index is 10.1. The molecule has 0 fully saturated rings. The van der Waals surface area contributed by atoms with Gasteiger partial charge in [-0.2, -0.15) is 0 Å². The zero-order valence-corrected chi connectivity index (χ0v) is 14.7. The maximum absolute atomic E-state index is 10.1. The lowest BCUT2D eigenvalue weighted by atomic mass is 10.3. The van der Waals surface area contributed by atoms with Crippen molar-refractivity contribution in [2.45, 2.75) is 12.6 Å². The number of nitrogens with zero attached hydrogens (tertiary/aromatic N) is 1. The first-order valence-electron chi connectivity index (χ1n) is 8.17. The summed E-state index contributed by atoms with van der Waals surface area (Å²) in [5.74, 6) is 2.76. The van der Waals surface area contributed by atoms with Crippen molar-refractivity contribution < 1.29 is 23.7 Å². The van der Waals surface area contributed by atoms with Gasteiger partial charge >= 0.3 is 0 Å². The largest absolute Gasteiger partial charge is 0.491 e. The summed E-state index contributed by atoms with van der Waals surface area (Å²) in [5, 5.41) is 16.1. The Morgan fingerprint density at radius 1 is 1.27 bits per heavy atom. The summed E-state index contributed by atoms with van der Waals surface area (Å²) in [5.41, 5.74) is 0.908. The van der Waals surface area contributed by atoms with E-state index in [0.717, 1.165) is 16.5 Å². The van der Waals surface area contributed by atoms with Crippen LogP contribution in [0.3, 0.4) is 0 Å². The minimum atomic E-state index is -0.636. The molecule has 2 N–H and O–H groups in total. The highest BCUT2D eigenvalue weighted by Crippen LogP contribution is 2.35. The number of furan rings is 1. The van der Waals surface area contributed by atoms with Gasteiger partial charge in [0, 0.05) is 24.5 Å². The number of hydrogen-bond donors (Lipinski definition) is 2. The summed E-state index contributed by atoms with van der Waals surface area (Å²) >= 11 is 1.53. The molecule has 3 aromatic rings. The second kappa shape index (κ2) is 7.77. The number of thiazole rings is 1. The predicted molar refractivity (Wildman–Crippen MR) is 95.6 cm³/mol. The number of hydrogen-bond acceptors (Lipinski definition) is 8. The van der Waals surface area contributed by atoms with E-state index in [2.05, 4.69) is 10.3 Å². The first-order valence-corrected chi connectivity index (χ1v) is 9.05. The molecule has 0 amide bonds. The lowest BCUT2D eigenvalue weighted by Gasteiger charge is -2.13. The van der Waals surface area contributed by atoms with E-state index in [0.29, 0.717) is 30.3 Å². The molecule has 2 aromatic heterocycles. The van der Waals surface area contributed by atoms with Crippen LogP contribution in [0.4, 0.5) is 0 Å². The van der Waals surface area contributed by atoms with Crippen LogP contribution in [-0.4, -0.2) is 36.1 Å². The molecule has 136 valence electrons. The Morgan fingerprint density at radius 3 is 3.08 bits per heavy atom. The van der Waals surface area contributed by atoms with Gasteiger partial charge < -0.3 is 29.1 Å². The second-order valence-electron chi connectivity index (χ2n) is 5.73. The van der Waals surface area contributed by atoms with E-state index in [-0.39, 0.29) is 13.4 Å². The number of nitrogens with one attached hydrogen (secondary N) is 1. The molecular weight excluding hydrogens is 356 g/mol. The fraction of sp³-hybridized carbons (Fsp3) is 0.278. The Bertz CT molecular complexity index is 849. The van der Waals surface area contributed by atoms with Crippen molar-refractivity contribution >= 4 is 11.3 Å². The normalized spacial score (nSPS) is 13.7. The van der Waals surface area contributed by atoms with Gasteiger partial charge in [-0.25, -0.2) is 4.98 Å². The first kappa shape index (κ1) is 16.9. The van der Waals surface area contributed by atoms with Crippen LogP contribution < -0.4 is 19.5 Å². The van der Waals surface area contributed by atoms with Crippen LogP contribution in [0.1, 0.15) is 5.69 Å². The lowest BCUT2D eigenvalue weighted by molar-refractivity contribution is 0.106. The molecule has 0 radical (unpaired) electrons. The molecular formula is C18H18N2O5S. The molecule has 0 aliphatic carbocycles. The lowest BCUT2D eigenvalue weighted by Crippen LogP contribution is -2.31. The SMILES string of the molecule is OC(CNCc1csc(-c2ccco2)n1)COc1ccc2c(c1)OCO2. The third kappa shape index (κ3) is 3.98. The standard InChI is InChI=1S/C18H18N2O5S/c21-13(9-23-14-3-4-15-17(6-14)25-11-24-15)8-19-7-12-10-26-18(20-12)16-2-1-5-22-16/h1-6,10,13,19,21H,7-9,11H2. The van der Waals surface area contributed by atoms with Gasteiger partial charge in [0.1, 0.15) is 18.5 Å². The fourth-order valence-corrected chi connectivity index (χ4v) is 3.27. The summed E-state index contributed by atoms with van der Waals surface area (Å²) in [4.78, 5) is 4.50. The predicted octanol–water partition coefficient (Wildman–Crippen LogP) is 2.66. The van der Waals surface area contributed by atoms with Crippen LogP contribution in [0.5, 0.6) is 17.2 Å². The van der Waals surface area contributed by atoms with Gasteiger partial charge in [-0.05, 0) is 24.3 Å². The van der Waals surface area contributed by atoms with Gasteiger partial charge in [0.2, 0.25) is 6.79 Å². The molecule has 4 rings (SSSR count). The van der Waals surface area contributed by atoms with Gasteiger partial charge in [0.15, 0.2) is 22.3 Å². The second-order valence-corrected chi connectivity index (χ2v) is 6.59. The number of rotatable bonds is 8. The highest BCUT2D eigenvalue weighted by molar-refractivity contribution is 7.13. The highest BCUT2D eigenvalue weighted by atomic mass is 32.1. The number of aliphatic hydroxyl groups excluding tert-OH is 1. The van der Waals surface area contributed by atoms with E-state index in [1.807, 2.05) is 17.5 Å². The van der Waals surface area contributed by atoms with Crippen LogP contribution >= 0.6 is 11.3 Å². The molecule has 0 spiro atoms. The molecule has 0 bridgehead atoms. The monoisotopic (exact) mass is 374 g/mol. The summed E-state index contributed by atoms with van der Waals surface area (Å²) in [6, 6.07) is 9.06. The third-order valence-corrected chi connectivity index (χ3v) is 4.66. The van der Waals surface area contributed by atoms with E-state index in [1.54, 1.807) is 24.5 Å². The number of aromatic nitrogens is 1. The molecule has 1 aromatic carbocycles. The highest BCUT2D eigenvalue weighted by Gasteiger charge is 2.14. The summed E-state index contributed by atoms with van der Waals surface area (Å²) < 4.78 is 21.5. The molecule has 1 unspecified atom stereocenters. The van der Waals surface area contributed by atoms with E-state index in [9.17, 15) is 5.11 Å². The zero-order valence-electron chi connectivity index (χ0n) is 13.9. The number of benzene rings is 1. The maximum Gasteiger partial charge on any atom is 0.231 e. The van der Waals surface area contributed by atoms with Crippen LogP contribution in [0.15, 0.2) is 46.4 Å². The van der Waals surface area contributed by atoms with Gasteiger partial charge in [-0.1, -0.05) is 0 Å². The molecule has 26 heavy (non-hydrogen) atoms. The van der Waals surface area contributed by atoms with E-state index in [4.69, 9.17) is 18.6 Å².